The smallest absolute Gasteiger partial charge is 0.0132 e. The Bertz CT molecular complexity index is 54.5. The highest BCUT2D eigenvalue weighted by atomic mass is 32.2. The second-order valence-corrected chi connectivity index (χ2v) is 2.47. The molecule has 0 fully saturated rings. The molecule has 0 saturated carbocycles. The van der Waals surface area contributed by atoms with Crippen molar-refractivity contribution in [2.75, 3.05) is 25.1 Å². The molecule has 0 aliphatic heterocycles. The van der Waals surface area contributed by atoms with Crippen molar-refractivity contribution in [3.63, 3.8) is 0 Å². The number of nitrogens with one attached hydrogen (secondary N) is 1. The minimum absolute atomic E-state index is 0.931. The van der Waals surface area contributed by atoms with Crippen molar-refractivity contribution in [2.24, 2.45) is 0 Å². The first kappa shape index (κ1) is 8.05. The largest absolute Gasteiger partial charge is 0.312 e. The SMILES string of the molecule is C=CCNCCSC. The Balaban J connectivity index is 2.62. The van der Waals surface area contributed by atoms with Crippen LogP contribution in [0, 0.1) is 0 Å². The van der Waals surface area contributed by atoms with Gasteiger partial charge in [0, 0.05) is 18.8 Å². The number of hydrogen-bond donors (Lipinski definition) is 1. The molecule has 0 radical (unpaired) electrons. The van der Waals surface area contributed by atoms with Gasteiger partial charge in [-0.1, -0.05) is 6.08 Å². The monoisotopic (exact) mass is 131 g/mol. The summed E-state index contributed by atoms with van der Waals surface area (Å²) in [5, 5.41) is 3.20. The summed E-state index contributed by atoms with van der Waals surface area (Å²) in [5.74, 6) is 1.19. The summed E-state index contributed by atoms with van der Waals surface area (Å²) in [6.07, 6.45) is 3.98. The molecule has 1 nitrogen and oxygen atoms in total. The van der Waals surface area contributed by atoms with E-state index in [2.05, 4.69) is 18.2 Å². The molecule has 0 spiro atoms. The Morgan fingerprint density at radius 3 is 3.00 bits per heavy atom. The van der Waals surface area contributed by atoms with Gasteiger partial charge in [0.2, 0.25) is 0 Å². The summed E-state index contributed by atoms with van der Waals surface area (Å²) in [5.41, 5.74) is 0. The number of rotatable bonds is 5. The van der Waals surface area contributed by atoms with Crippen molar-refractivity contribution in [1.82, 2.24) is 5.32 Å². The van der Waals surface area contributed by atoms with Gasteiger partial charge in [-0.25, -0.2) is 0 Å². The first-order valence-electron chi connectivity index (χ1n) is 2.72. The van der Waals surface area contributed by atoms with Gasteiger partial charge in [0.05, 0.1) is 0 Å². The van der Waals surface area contributed by atoms with Crippen LogP contribution in [0.2, 0.25) is 0 Å². The molecular formula is C6H13NS. The summed E-state index contributed by atoms with van der Waals surface area (Å²) in [7, 11) is 0. The quantitative estimate of drug-likeness (QED) is 0.443. The predicted octanol–water partition coefficient (Wildman–Crippen LogP) is 1.12. The fraction of sp³-hybridized carbons (Fsp3) is 0.667. The fourth-order valence-electron chi connectivity index (χ4n) is 0.378. The molecule has 2 heteroatoms. The van der Waals surface area contributed by atoms with Crippen LogP contribution in [0.3, 0.4) is 0 Å². The molecule has 0 aliphatic rings. The van der Waals surface area contributed by atoms with Gasteiger partial charge >= 0.3 is 0 Å². The zero-order chi connectivity index (χ0) is 6.24. The topological polar surface area (TPSA) is 12.0 Å². The molecule has 0 unspecified atom stereocenters. The average molecular weight is 131 g/mol. The first-order valence-corrected chi connectivity index (χ1v) is 4.11. The lowest BCUT2D eigenvalue weighted by Gasteiger charge is -1.95. The second kappa shape index (κ2) is 7.05. The lowest BCUT2D eigenvalue weighted by Crippen LogP contribution is -2.16. The summed E-state index contributed by atoms with van der Waals surface area (Å²) in [4.78, 5) is 0. The van der Waals surface area contributed by atoms with E-state index in [1.807, 2.05) is 17.8 Å². The molecule has 0 rings (SSSR count). The van der Waals surface area contributed by atoms with Gasteiger partial charge in [0.15, 0.2) is 0 Å². The van der Waals surface area contributed by atoms with E-state index in [9.17, 15) is 0 Å². The predicted molar refractivity (Wildman–Crippen MR) is 41.4 cm³/mol. The Morgan fingerprint density at radius 1 is 1.75 bits per heavy atom. The van der Waals surface area contributed by atoms with E-state index in [1.54, 1.807) is 0 Å². The van der Waals surface area contributed by atoms with Gasteiger partial charge < -0.3 is 5.32 Å². The van der Waals surface area contributed by atoms with Gasteiger partial charge in [0.1, 0.15) is 0 Å². The molecule has 0 aromatic rings. The summed E-state index contributed by atoms with van der Waals surface area (Å²) < 4.78 is 0. The van der Waals surface area contributed by atoms with Crippen LogP contribution >= 0.6 is 11.8 Å². The van der Waals surface area contributed by atoms with Gasteiger partial charge in [-0.15, -0.1) is 6.58 Å². The standard InChI is InChI=1S/C6H13NS/c1-3-4-7-5-6-8-2/h3,7H,1,4-6H2,2H3. The van der Waals surface area contributed by atoms with E-state index in [0.717, 1.165) is 13.1 Å². The summed E-state index contributed by atoms with van der Waals surface area (Å²) in [6, 6.07) is 0. The highest BCUT2D eigenvalue weighted by Gasteiger charge is 1.78. The Hall–Kier alpha value is 0.0500. The minimum Gasteiger partial charge on any atom is -0.312 e. The van der Waals surface area contributed by atoms with E-state index in [-0.39, 0.29) is 0 Å². The van der Waals surface area contributed by atoms with Crippen LogP contribution in [0.4, 0.5) is 0 Å². The van der Waals surface area contributed by atoms with E-state index in [0.29, 0.717) is 0 Å². The van der Waals surface area contributed by atoms with Crippen LogP contribution in [0.5, 0.6) is 0 Å². The van der Waals surface area contributed by atoms with Crippen molar-refractivity contribution >= 4 is 11.8 Å². The van der Waals surface area contributed by atoms with Crippen LogP contribution in [0.25, 0.3) is 0 Å². The molecule has 0 atom stereocenters. The maximum atomic E-state index is 3.59. The Labute approximate surface area is 55.5 Å². The van der Waals surface area contributed by atoms with Crippen molar-refractivity contribution in [1.29, 1.82) is 0 Å². The van der Waals surface area contributed by atoms with Gasteiger partial charge in [0.25, 0.3) is 0 Å². The highest BCUT2D eigenvalue weighted by Crippen LogP contribution is 1.86. The zero-order valence-corrected chi connectivity index (χ0v) is 6.13. The van der Waals surface area contributed by atoms with Crippen LogP contribution < -0.4 is 5.32 Å². The Kier molecular flexibility index (Phi) is 7.09. The normalized spacial score (nSPS) is 9.12. The molecule has 0 saturated heterocycles. The fourth-order valence-corrected chi connectivity index (χ4v) is 0.727. The maximum absolute atomic E-state index is 3.59. The lowest BCUT2D eigenvalue weighted by molar-refractivity contribution is 0.807. The van der Waals surface area contributed by atoms with Crippen LogP contribution in [-0.2, 0) is 0 Å². The molecule has 8 heavy (non-hydrogen) atoms. The van der Waals surface area contributed by atoms with E-state index >= 15 is 0 Å². The molecule has 0 aliphatic carbocycles. The highest BCUT2D eigenvalue weighted by molar-refractivity contribution is 7.98. The zero-order valence-electron chi connectivity index (χ0n) is 5.31. The maximum Gasteiger partial charge on any atom is 0.0132 e. The molecule has 0 heterocycles. The summed E-state index contributed by atoms with van der Waals surface area (Å²) in [6.45, 7) is 5.61. The molecule has 0 amide bonds. The van der Waals surface area contributed by atoms with Crippen LogP contribution in [-0.4, -0.2) is 25.1 Å². The lowest BCUT2D eigenvalue weighted by atomic mass is 10.6. The van der Waals surface area contributed by atoms with Gasteiger partial charge in [-0.3, -0.25) is 0 Å². The molecule has 1 N–H and O–H groups in total. The minimum atomic E-state index is 0.931. The molecular weight excluding hydrogens is 118 g/mol. The third kappa shape index (κ3) is 6.05. The average Bonchev–Trinajstić information content (AvgIpc) is 1.81. The van der Waals surface area contributed by atoms with Crippen molar-refractivity contribution < 1.29 is 0 Å². The number of thioether (sulfide) groups is 1. The van der Waals surface area contributed by atoms with Crippen LogP contribution in [0.1, 0.15) is 0 Å². The Morgan fingerprint density at radius 2 is 2.50 bits per heavy atom. The first-order chi connectivity index (χ1) is 3.91. The second-order valence-electron chi connectivity index (χ2n) is 1.49. The van der Waals surface area contributed by atoms with Crippen molar-refractivity contribution in [3.05, 3.63) is 12.7 Å². The van der Waals surface area contributed by atoms with E-state index in [4.69, 9.17) is 0 Å². The molecule has 0 aromatic carbocycles. The summed E-state index contributed by atoms with van der Waals surface area (Å²) >= 11 is 1.86. The van der Waals surface area contributed by atoms with E-state index < -0.39 is 0 Å². The van der Waals surface area contributed by atoms with Gasteiger partial charge in [-0.2, -0.15) is 11.8 Å². The third-order valence-electron chi connectivity index (χ3n) is 0.772. The third-order valence-corrected chi connectivity index (χ3v) is 1.38. The van der Waals surface area contributed by atoms with Crippen LogP contribution in [0.15, 0.2) is 12.7 Å². The number of hydrogen-bond acceptors (Lipinski definition) is 2. The van der Waals surface area contributed by atoms with Gasteiger partial charge in [-0.05, 0) is 6.26 Å². The van der Waals surface area contributed by atoms with Crippen molar-refractivity contribution in [3.8, 4) is 0 Å². The molecule has 0 bridgehead atoms. The molecule has 48 valence electrons. The van der Waals surface area contributed by atoms with Crippen molar-refractivity contribution in [2.45, 2.75) is 0 Å². The van der Waals surface area contributed by atoms with E-state index in [1.165, 1.54) is 5.75 Å². The molecule has 0 aromatic heterocycles.